The van der Waals surface area contributed by atoms with Crippen molar-refractivity contribution in [3.05, 3.63) is 19.6 Å². The minimum absolute atomic E-state index is 0.0987. The number of halogens is 1. The largest absolute Gasteiger partial charge is 0.395 e. The maximum absolute atomic E-state index is 10.6. The topological polar surface area (TPSA) is 101 Å². The summed E-state index contributed by atoms with van der Waals surface area (Å²) in [6, 6.07) is 0. The van der Waals surface area contributed by atoms with E-state index in [2.05, 4.69) is 4.98 Å². The number of hydrogen-bond acceptors (Lipinski definition) is 5. The number of aliphatic hydroxyl groups is 2. The van der Waals surface area contributed by atoms with Crippen molar-refractivity contribution in [3.63, 3.8) is 0 Å². The maximum Gasteiger partial charge on any atom is 0.395 e. The van der Waals surface area contributed by atoms with Gasteiger partial charge in [0.2, 0.25) is 5.82 Å². The van der Waals surface area contributed by atoms with Gasteiger partial charge in [-0.15, -0.1) is 0 Å². The lowest BCUT2D eigenvalue weighted by Gasteiger charge is -2.08. The van der Waals surface area contributed by atoms with E-state index in [1.54, 1.807) is 29.5 Å². The Morgan fingerprint density at radius 1 is 1.73 bits per heavy atom. The monoisotopic (exact) mass is 327 g/mol. The highest BCUT2D eigenvalue weighted by atomic mass is 127. The molecule has 0 spiro atoms. The molecule has 0 bridgehead atoms. The van der Waals surface area contributed by atoms with E-state index in [-0.39, 0.29) is 19.0 Å². The van der Waals surface area contributed by atoms with Gasteiger partial charge in [-0.05, 0) is 32.5 Å². The molecule has 1 aromatic heterocycles. The molecule has 0 fully saturated rings. The van der Waals surface area contributed by atoms with E-state index >= 15 is 0 Å². The van der Waals surface area contributed by atoms with Crippen LogP contribution in [0.3, 0.4) is 0 Å². The van der Waals surface area contributed by atoms with Crippen LogP contribution in [-0.2, 0) is 6.54 Å². The third-order valence-electron chi connectivity index (χ3n) is 1.86. The SMILES string of the molecule is Cc1nc([N+](=O)[O-])c(I)n1CC(O)CO. The first-order valence-electron chi connectivity index (χ1n) is 4.13. The number of nitro groups is 1. The Balaban J connectivity index is 3.03. The molecule has 0 radical (unpaired) electrons. The standard InChI is InChI=1S/C7H10IN3O4/c1-4-9-7(11(14)15)6(8)10(4)2-5(13)3-12/h5,12-13H,2-3H2,1H3. The molecule has 1 aromatic rings. The molecule has 0 saturated carbocycles. The minimum atomic E-state index is -0.939. The van der Waals surface area contributed by atoms with E-state index in [1.807, 2.05) is 0 Å². The van der Waals surface area contributed by atoms with Gasteiger partial charge >= 0.3 is 5.82 Å². The fourth-order valence-electron chi connectivity index (χ4n) is 1.12. The summed E-state index contributed by atoms with van der Waals surface area (Å²) >= 11 is 1.79. The van der Waals surface area contributed by atoms with E-state index in [0.29, 0.717) is 9.53 Å². The van der Waals surface area contributed by atoms with Gasteiger partial charge in [-0.1, -0.05) is 0 Å². The highest BCUT2D eigenvalue weighted by Gasteiger charge is 2.24. The van der Waals surface area contributed by atoms with E-state index in [9.17, 15) is 15.2 Å². The van der Waals surface area contributed by atoms with E-state index in [4.69, 9.17) is 5.11 Å². The van der Waals surface area contributed by atoms with Gasteiger partial charge in [0.25, 0.3) is 0 Å². The van der Waals surface area contributed by atoms with Crippen molar-refractivity contribution < 1.29 is 15.1 Å². The summed E-state index contributed by atoms with van der Waals surface area (Å²) in [5, 5.41) is 28.5. The third-order valence-corrected chi connectivity index (χ3v) is 2.92. The second-order valence-corrected chi connectivity index (χ2v) is 4.00. The van der Waals surface area contributed by atoms with Crippen molar-refractivity contribution in [2.75, 3.05) is 6.61 Å². The van der Waals surface area contributed by atoms with Crippen molar-refractivity contribution in [2.24, 2.45) is 0 Å². The van der Waals surface area contributed by atoms with Gasteiger partial charge in [-0.2, -0.15) is 0 Å². The second kappa shape index (κ2) is 4.86. The molecular weight excluding hydrogens is 317 g/mol. The Kier molecular flexibility index (Phi) is 3.99. The molecule has 0 aromatic carbocycles. The molecule has 2 N–H and O–H groups in total. The van der Waals surface area contributed by atoms with Crippen LogP contribution in [0.4, 0.5) is 5.82 Å². The zero-order valence-corrected chi connectivity index (χ0v) is 10.1. The second-order valence-electron chi connectivity index (χ2n) is 2.98. The molecule has 1 atom stereocenters. The van der Waals surface area contributed by atoms with Crippen LogP contribution in [-0.4, -0.2) is 37.4 Å². The Labute approximate surface area is 99.0 Å². The molecule has 0 amide bonds. The summed E-state index contributed by atoms with van der Waals surface area (Å²) in [4.78, 5) is 13.7. The molecule has 0 aliphatic rings. The van der Waals surface area contributed by atoms with Gasteiger partial charge in [-0.3, -0.25) is 4.57 Å². The first-order chi connectivity index (χ1) is 6.97. The Morgan fingerprint density at radius 3 is 2.73 bits per heavy atom. The molecule has 84 valence electrons. The molecule has 1 rings (SSSR count). The van der Waals surface area contributed by atoms with Crippen molar-refractivity contribution in [1.82, 2.24) is 9.55 Å². The molecule has 7 nitrogen and oxygen atoms in total. The fourth-order valence-corrected chi connectivity index (χ4v) is 1.98. The van der Waals surface area contributed by atoms with Crippen molar-refractivity contribution >= 4 is 28.4 Å². The van der Waals surface area contributed by atoms with Gasteiger partial charge in [0.15, 0.2) is 3.70 Å². The number of aliphatic hydroxyl groups excluding tert-OH is 2. The minimum Gasteiger partial charge on any atom is -0.394 e. The lowest BCUT2D eigenvalue weighted by Crippen LogP contribution is -2.21. The third kappa shape index (κ3) is 2.63. The summed E-state index contributed by atoms with van der Waals surface area (Å²) in [7, 11) is 0. The number of imidazole rings is 1. The quantitative estimate of drug-likeness (QED) is 0.463. The first kappa shape index (κ1) is 12.3. The average Bonchev–Trinajstić information content (AvgIpc) is 2.45. The van der Waals surface area contributed by atoms with Crippen LogP contribution < -0.4 is 0 Å². The molecule has 1 heterocycles. The van der Waals surface area contributed by atoms with Crippen LogP contribution in [0, 0.1) is 20.7 Å². The highest BCUT2D eigenvalue weighted by molar-refractivity contribution is 14.1. The molecule has 0 aliphatic heterocycles. The normalized spacial score (nSPS) is 12.8. The molecule has 0 aliphatic carbocycles. The molecular formula is C7H10IN3O4. The number of aromatic nitrogens is 2. The zero-order valence-electron chi connectivity index (χ0n) is 7.92. The average molecular weight is 327 g/mol. The number of nitrogens with zero attached hydrogens (tertiary/aromatic N) is 3. The van der Waals surface area contributed by atoms with E-state index < -0.39 is 11.0 Å². The van der Waals surface area contributed by atoms with Gasteiger partial charge in [-0.25, -0.2) is 0 Å². The molecule has 8 heteroatoms. The lowest BCUT2D eigenvalue weighted by atomic mass is 10.4. The van der Waals surface area contributed by atoms with Gasteiger partial charge in [0.05, 0.1) is 19.3 Å². The van der Waals surface area contributed by atoms with Crippen LogP contribution in [0.25, 0.3) is 0 Å². The molecule has 15 heavy (non-hydrogen) atoms. The number of aryl methyl sites for hydroxylation is 1. The van der Waals surface area contributed by atoms with Crippen LogP contribution in [0.5, 0.6) is 0 Å². The Morgan fingerprint density at radius 2 is 2.33 bits per heavy atom. The van der Waals surface area contributed by atoms with E-state index in [1.165, 1.54) is 4.57 Å². The van der Waals surface area contributed by atoms with Crippen molar-refractivity contribution in [2.45, 2.75) is 19.6 Å². The fraction of sp³-hybridized carbons (Fsp3) is 0.571. The Bertz CT molecular complexity index is 379. The van der Waals surface area contributed by atoms with Crippen LogP contribution in [0.1, 0.15) is 5.82 Å². The van der Waals surface area contributed by atoms with Gasteiger partial charge in [0.1, 0.15) is 0 Å². The van der Waals surface area contributed by atoms with Crippen LogP contribution in [0.15, 0.2) is 0 Å². The molecule has 1 unspecified atom stereocenters. The van der Waals surface area contributed by atoms with Gasteiger partial charge in [0, 0.05) is 6.92 Å². The predicted molar refractivity (Wildman–Crippen MR) is 59.4 cm³/mol. The van der Waals surface area contributed by atoms with Crippen LogP contribution in [0.2, 0.25) is 0 Å². The summed E-state index contributed by atoms with van der Waals surface area (Å²) in [5.41, 5.74) is 0. The number of hydrogen-bond donors (Lipinski definition) is 2. The summed E-state index contributed by atoms with van der Waals surface area (Å²) in [6.07, 6.45) is -0.939. The molecule has 0 saturated heterocycles. The van der Waals surface area contributed by atoms with Crippen molar-refractivity contribution in [3.8, 4) is 0 Å². The van der Waals surface area contributed by atoms with E-state index in [0.717, 1.165) is 0 Å². The lowest BCUT2D eigenvalue weighted by molar-refractivity contribution is -0.390. The van der Waals surface area contributed by atoms with Crippen molar-refractivity contribution in [1.29, 1.82) is 0 Å². The predicted octanol–water partition coefficient (Wildman–Crippen LogP) is 0.0575. The van der Waals surface area contributed by atoms with Gasteiger partial charge < -0.3 is 20.3 Å². The smallest absolute Gasteiger partial charge is 0.394 e. The Hall–Kier alpha value is -0.740. The maximum atomic E-state index is 10.6. The zero-order chi connectivity index (χ0) is 11.6. The number of rotatable bonds is 4. The highest BCUT2D eigenvalue weighted by Crippen LogP contribution is 2.21. The summed E-state index contributed by atoms with van der Waals surface area (Å²) in [6.45, 7) is 1.32. The summed E-state index contributed by atoms with van der Waals surface area (Å²) in [5.74, 6) is 0.219. The van der Waals surface area contributed by atoms with Crippen LogP contribution >= 0.6 is 22.6 Å². The summed E-state index contributed by atoms with van der Waals surface area (Å²) < 4.78 is 1.85. The first-order valence-corrected chi connectivity index (χ1v) is 5.21.